The molecule has 0 N–H and O–H groups in total. The highest BCUT2D eigenvalue weighted by atomic mass is 16.5. The molecule has 2 aromatic carbocycles. The van der Waals surface area contributed by atoms with Gasteiger partial charge in [0.25, 0.3) is 0 Å². The minimum absolute atomic E-state index is 0.174. The molecule has 0 radical (unpaired) electrons. The Morgan fingerprint density at radius 1 is 0.964 bits per heavy atom. The van der Waals surface area contributed by atoms with Crippen LogP contribution < -0.4 is 9.64 Å². The maximum absolute atomic E-state index is 9.82. The van der Waals surface area contributed by atoms with Gasteiger partial charge in [-0.05, 0) is 58.4 Å². The van der Waals surface area contributed by atoms with Gasteiger partial charge >= 0.3 is 0 Å². The van der Waals surface area contributed by atoms with Crippen molar-refractivity contribution >= 4 is 5.69 Å². The zero-order valence-corrected chi connectivity index (χ0v) is 18.2. The summed E-state index contributed by atoms with van der Waals surface area (Å²) >= 11 is 0. The molecule has 0 aliphatic carbocycles. The Kier molecular flexibility index (Phi) is 6.74. The van der Waals surface area contributed by atoms with Gasteiger partial charge in [-0.25, -0.2) is 0 Å². The number of rotatable bonds is 7. The molecular weight excluding hydrogens is 348 g/mol. The van der Waals surface area contributed by atoms with Crippen LogP contribution in [-0.4, -0.2) is 31.9 Å². The molecule has 28 heavy (non-hydrogen) atoms. The van der Waals surface area contributed by atoms with Crippen molar-refractivity contribution < 1.29 is 9.47 Å². The number of nitriles is 1. The normalized spacial score (nSPS) is 11.8. The number of hydrogen-bond donors (Lipinski definition) is 0. The summed E-state index contributed by atoms with van der Waals surface area (Å²) in [6, 6.07) is 16.3. The molecule has 0 saturated carbocycles. The number of nitrogens with zero attached hydrogens (tertiary/aromatic N) is 2. The molecule has 0 atom stereocenters. The van der Waals surface area contributed by atoms with Crippen molar-refractivity contribution in [3.05, 3.63) is 48.0 Å². The molecular formula is C24H32N2O2. The molecule has 2 aromatic rings. The third kappa shape index (κ3) is 6.00. The van der Waals surface area contributed by atoms with Gasteiger partial charge in [-0.1, -0.05) is 24.3 Å². The third-order valence-electron chi connectivity index (χ3n) is 4.46. The van der Waals surface area contributed by atoms with Crippen molar-refractivity contribution in [3.8, 4) is 22.9 Å². The average molecular weight is 381 g/mol. The van der Waals surface area contributed by atoms with E-state index in [1.54, 1.807) is 0 Å². The zero-order chi connectivity index (χ0) is 20.9. The van der Waals surface area contributed by atoms with Gasteiger partial charge in [0.1, 0.15) is 23.0 Å². The summed E-state index contributed by atoms with van der Waals surface area (Å²) in [5.41, 5.74) is 2.95. The standard InChI is InChI=1S/C24H32N2O2/c1-23(2,3)27-16-15-24(4,5)28-22-10-8-9-20(21(22)17-25)18-11-13-19(14-12-18)26(6)7/h8-14H,15-16H2,1-7H3. The summed E-state index contributed by atoms with van der Waals surface area (Å²) in [5.74, 6) is 0.609. The Hall–Kier alpha value is -2.51. The summed E-state index contributed by atoms with van der Waals surface area (Å²) < 4.78 is 12.1. The topological polar surface area (TPSA) is 45.5 Å². The van der Waals surface area contributed by atoms with Crippen molar-refractivity contribution in [2.75, 3.05) is 25.6 Å². The highest BCUT2D eigenvalue weighted by molar-refractivity contribution is 5.75. The van der Waals surface area contributed by atoms with E-state index in [0.29, 0.717) is 17.9 Å². The second-order valence-corrected chi connectivity index (χ2v) is 8.80. The van der Waals surface area contributed by atoms with Gasteiger partial charge in [-0.3, -0.25) is 0 Å². The number of hydrogen-bond acceptors (Lipinski definition) is 4. The Labute approximate surface area is 169 Å². The predicted octanol–water partition coefficient (Wildman–Crippen LogP) is 5.65. The first-order valence-corrected chi connectivity index (χ1v) is 9.66. The fraction of sp³-hybridized carbons (Fsp3) is 0.458. The molecule has 0 spiro atoms. The lowest BCUT2D eigenvalue weighted by Gasteiger charge is -2.29. The van der Waals surface area contributed by atoms with Crippen LogP contribution in [0.2, 0.25) is 0 Å². The molecule has 0 saturated heterocycles. The van der Waals surface area contributed by atoms with Crippen LogP contribution >= 0.6 is 0 Å². The minimum atomic E-state index is -0.440. The molecule has 0 fully saturated rings. The van der Waals surface area contributed by atoms with E-state index in [1.165, 1.54) is 0 Å². The molecule has 0 unspecified atom stereocenters. The van der Waals surface area contributed by atoms with Crippen molar-refractivity contribution in [1.82, 2.24) is 0 Å². The lowest BCUT2D eigenvalue weighted by molar-refractivity contribution is -0.0293. The molecule has 0 aromatic heterocycles. The molecule has 0 bridgehead atoms. The Morgan fingerprint density at radius 2 is 1.61 bits per heavy atom. The number of ether oxygens (including phenoxy) is 2. The molecule has 0 heterocycles. The summed E-state index contributed by atoms with van der Waals surface area (Å²) in [7, 11) is 4.02. The summed E-state index contributed by atoms with van der Waals surface area (Å²) in [5, 5.41) is 9.82. The first-order chi connectivity index (χ1) is 13.0. The lowest BCUT2D eigenvalue weighted by Crippen LogP contribution is -2.32. The van der Waals surface area contributed by atoms with E-state index in [9.17, 15) is 5.26 Å². The van der Waals surface area contributed by atoms with Crippen LogP contribution in [0.25, 0.3) is 11.1 Å². The van der Waals surface area contributed by atoms with Gasteiger partial charge in [-0.2, -0.15) is 5.26 Å². The van der Waals surface area contributed by atoms with Crippen molar-refractivity contribution in [2.24, 2.45) is 0 Å². The van der Waals surface area contributed by atoms with E-state index >= 15 is 0 Å². The Bertz CT molecular complexity index is 825. The smallest absolute Gasteiger partial charge is 0.138 e. The van der Waals surface area contributed by atoms with Crippen LogP contribution in [0.4, 0.5) is 5.69 Å². The van der Waals surface area contributed by atoms with Gasteiger partial charge in [0.2, 0.25) is 0 Å². The van der Waals surface area contributed by atoms with Gasteiger partial charge < -0.3 is 14.4 Å². The van der Waals surface area contributed by atoms with Crippen LogP contribution in [0.15, 0.2) is 42.5 Å². The van der Waals surface area contributed by atoms with E-state index < -0.39 is 5.60 Å². The third-order valence-corrected chi connectivity index (χ3v) is 4.46. The highest BCUT2D eigenvalue weighted by Crippen LogP contribution is 2.33. The average Bonchev–Trinajstić information content (AvgIpc) is 2.60. The van der Waals surface area contributed by atoms with Crippen molar-refractivity contribution in [2.45, 2.75) is 52.2 Å². The predicted molar refractivity (Wildman–Crippen MR) is 116 cm³/mol. The van der Waals surface area contributed by atoms with Crippen molar-refractivity contribution in [3.63, 3.8) is 0 Å². The fourth-order valence-electron chi connectivity index (χ4n) is 2.86. The van der Waals surface area contributed by atoms with Gasteiger partial charge in [-0.15, -0.1) is 0 Å². The second-order valence-electron chi connectivity index (χ2n) is 8.80. The van der Waals surface area contributed by atoms with E-state index in [0.717, 1.165) is 23.2 Å². The van der Waals surface area contributed by atoms with Crippen LogP contribution in [-0.2, 0) is 4.74 Å². The van der Waals surface area contributed by atoms with E-state index in [1.807, 2.05) is 79.0 Å². The van der Waals surface area contributed by atoms with Crippen LogP contribution in [0.1, 0.15) is 46.6 Å². The van der Waals surface area contributed by atoms with E-state index in [2.05, 4.69) is 23.1 Å². The molecule has 4 nitrogen and oxygen atoms in total. The Morgan fingerprint density at radius 3 is 2.14 bits per heavy atom. The molecule has 0 amide bonds. The zero-order valence-electron chi connectivity index (χ0n) is 18.2. The second kappa shape index (κ2) is 8.67. The molecule has 4 heteroatoms. The molecule has 150 valence electrons. The lowest BCUT2D eigenvalue weighted by atomic mass is 9.98. The first-order valence-electron chi connectivity index (χ1n) is 9.66. The van der Waals surface area contributed by atoms with Gasteiger partial charge in [0.05, 0.1) is 12.2 Å². The SMILES string of the molecule is CN(C)c1ccc(-c2cccc(OC(C)(C)CCOC(C)(C)C)c2C#N)cc1. The van der Waals surface area contributed by atoms with Crippen LogP contribution in [0, 0.1) is 11.3 Å². The number of anilines is 1. The van der Waals surface area contributed by atoms with Crippen LogP contribution in [0.3, 0.4) is 0 Å². The fourth-order valence-corrected chi connectivity index (χ4v) is 2.86. The summed E-state index contributed by atoms with van der Waals surface area (Å²) in [6.45, 7) is 10.8. The Balaban J connectivity index is 2.24. The van der Waals surface area contributed by atoms with Crippen molar-refractivity contribution in [1.29, 1.82) is 5.26 Å². The van der Waals surface area contributed by atoms with Gasteiger partial charge in [0, 0.05) is 31.8 Å². The molecule has 0 aliphatic rings. The maximum atomic E-state index is 9.82. The summed E-state index contributed by atoms with van der Waals surface area (Å²) in [4.78, 5) is 2.05. The van der Waals surface area contributed by atoms with E-state index in [4.69, 9.17) is 9.47 Å². The monoisotopic (exact) mass is 380 g/mol. The van der Waals surface area contributed by atoms with Gasteiger partial charge in [0.15, 0.2) is 0 Å². The largest absolute Gasteiger partial charge is 0.486 e. The minimum Gasteiger partial charge on any atom is -0.486 e. The molecule has 2 rings (SSSR count). The first kappa shape index (κ1) is 21.8. The van der Waals surface area contributed by atoms with Crippen LogP contribution in [0.5, 0.6) is 5.75 Å². The van der Waals surface area contributed by atoms with E-state index in [-0.39, 0.29) is 5.60 Å². The maximum Gasteiger partial charge on any atom is 0.138 e. The molecule has 0 aliphatic heterocycles. The number of benzene rings is 2. The quantitative estimate of drug-likeness (QED) is 0.622. The summed E-state index contributed by atoms with van der Waals surface area (Å²) in [6.07, 6.45) is 0.733. The highest BCUT2D eigenvalue weighted by Gasteiger charge is 2.24.